The molecule has 4 N–H and O–H groups in total. The van der Waals surface area contributed by atoms with Gasteiger partial charge in [-0.05, 0) is 23.8 Å². The van der Waals surface area contributed by atoms with Crippen molar-refractivity contribution in [2.24, 2.45) is 0 Å². The smallest absolute Gasteiger partial charge is 0.336 e. The molecule has 8 heteroatoms. The van der Waals surface area contributed by atoms with Crippen LogP contribution in [0.25, 0.3) is 0 Å². The third kappa shape index (κ3) is 5.79. The summed E-state index contributed by atoms with van der Waals surface area (Å²) in [4.78, 5) is 41.9. The number of carboxylic acids is 4. The fourth-order valence-corrected chi connectivity index (χ4v) is 1.90. The Morgan fingerprint density at radius 1 is 0.600 bits per heavy atom. The van der Waals surface area contributed by atoms with Gasteiger partial charge in [0, 0.05) is 0 Å². The summed E-state index contributed by atoms with van der Waals surface area (Å²) >= 11 is 0. The van der Waals surface area contributed by atoms with Crippen LogP contribution in [0.5, 0.6) is 0 Å². The zero-order valence-corrected chi connectivity index (χ0v) is 12.7. The van der Waals surface area contributed by atoms with E-state index in [0.717, 1.165) is 0 Å². The van der Waals surface area contributed by atoms with E-state index in [-0.39, 0.29) is 23.1 Å². The van der Waals surface area contributed by atoms with Gasteiger partial charge in [-0.3, -0.25) is 4.79 Å². The van der Waals surface area contributed by atoms with Crippen molar-refractivity contribution in [3.63, 3.8) is 0 Å². The maximum atomic E-state index is 10.6. The summed E-state index contributed by atoms with van der Waals surface area (Å²) in [6.07, 6.45) is -0.261. The Balaban J connectivity index is 0.000000251. The Hall–Kier alpha value is -3.68. The molecule has 0 unspecified atom stereocenters. The third-order valence-electron chi connectivity index (χ3n) is 2.98. The normalized spacial score (nSPS) is 9.44. The summed E-state index contributed by atoms with van der Waals surface area (Å²) < 4.78 is 0. The van der Waals surface area contributed by atoms with Gasteiger partial charge in [0.2, 0.25) is 0 Å². The van der Waals surface area contributed by atoms with Gasteiger partial charge >= 0.3 is 23.9 Å². The molecule has 0 aromatic heterocycles. The average molecular weight is 346 g/mol. The number of carbonyl (C=O) groups is 4. The molecule has 0 heterocycles. The van der Waals surface area contributed by atoms with E-state index >= 15 is 0 Å². The highest BCUT2D eigenvalue weighted by atomic mass is 16.4. The molecule has 2 aromatic carbocycles. The molecule has 0 fully saturated rings. The maximum Gasteiger partial charge on any atom is 0.336 e. The van der Waals surface area contributed by atoms with Gasteiger partial charge < -0.3 is 20.4 Å². The van der Waals surface area contributed by atoms with Gasteiger partial charge in [-0.1, -0.05) is 30.3 Å². The van der Waals surface area contributed by atoms with Crippen molar-refractivity contribution in [1.82, 2.24) is 0 Å². The minimum absolute atomic E-state index is 0.0462. The molecule has 0 aliphatic heterocycles. The Morgan fingerprint density at radius 3 is 1.32 bits per heavy atom. The summed E-state index contributed by atoms with van der Waals surface area (Å²) in [5.74, 6) is -4.59. The van der Waals surface area contributed by atoms with Gasteiger partial charge in [0.05, 0.1) is 23.1 Å². The average Bonchev–Trinajstić information content (AvgIpc) is 2.55. The summed E-state index contributed by atoms with van der Waals surface area (Å²) in [6.45, 7) is 0. The Labute approximate surface area is 141 Å². The van der Waals surface area contributed by atoms with Crippen molar-refractivity contribution in [3.8, 4) is 0 Å². The van der Waals surface area contributed by atoms with E-state index in [1.807, 2.05) is 0 Å². The van der Waals surface area contributed by atoms with Gasteiger partial charge in [-0.2, -0.15) is 0 Å². The number of hydrogen-bond donors (Lipinski definition) is 4. The third-order valence-corrected chi connectivity index (χ3v) is 2.98. The van der Waals surface area contributed by atoms with Crippen LogP contribution in [0.3, 0.4) is 0 Å². The molecule has 0 amide bonds. The van der Waals surface area contributed by atoms with Crippen molar-refractivity contribution >= 4 is 23.9 Å². The van der Waals surface area contributed by atoms with Crippen LogP contribution in [0.15, 0.2) is 48.5 Å². The quantitative estimate of drug-likeness (QED) is 0.643. The lowest BCUT2D eigenvalue weighted by molar-refractivity contribution is -0.136. The van der Waals surface area contributed by atoms with Gasteiger partial charge in [0.15, 0.2) is 0 Å². The van der Waals surface area contributed by atoms with E-state index in [2.05, 4.69) is 0 Å². The van der Waals surface area contributed by atoms with E-state index in [9.17, 15) is 19.2 Å². The lowest BCUT2D eigenvalue weighted by Gasteiger charge is -2.01. The first-order chi connectivity index (χ1) is 11.7. The molecule has 0 saturated carbocycles. The zero-order chi connectivity index (χ0) is 19.0. The van der Waals surface area contributed by atoms with Crippen LogP contribution in [-0.2, 0) is 11.2 Å². The van der Waals surface area contributed by atoms with Crippen molar-refractivity contribution in [2.75, 3.05) is 0 Å². The molecule has 0 aliphatic carbocycles. The maximum absolute atomic E-state index is 10.6. The fourth-order valence-electron chi connectivity index (χ4n) is 1.90. The Kier molecular flexibility index (Phi) is 6.83. The highest BCUT2D eigenvalue weighted by molar-refractivity contribution is 6.01. The van der Waals surface area contributed by atoms with Crippen molar-refractivity contribution in [1.29, 1.82) is 0 Å². The van der Waals surface area contributed by atoms with E-state index in [0.29, 0.717) is 5.56 Å². The summed E-state index contributed by atoms with van der Waals surface area (Å²) in [6, 6.07) is 11.5. The molecule has 0 radical (unpaired) electrons. The molecule has 25 heavy (non-hydrogen) atoms. The van der Waals surface area contributed by atoms with E-state index in [1.54, 1.807) is 12.1 Å². The van der Waals surface area contributed by atoms with Crippen LogP contribution >= 0.6 is 0 Å². The largest absolute Gasteiger partial charge is 0.481 e. The molecule has 0 aliphatic rings. The van der Waals surface area contributed by atoms with Crippen molar-refractivity contribution in [3.05, 3.63) is 70.8 Å². The first-order valence-corrected chi connectivity index (χ1v) is 6.82. The second kappa shape index (κ2) is 8.82. The van der Waals surface area contributed by atoms with Crippen molar-refractivity contribution in [2.45, 2.75) is 6.42 Å². The highest BCUT2D eigenvalue weighted by Crippen LogP contribution is 2.09. The molecule has 0 saturated heterocycles. The van der Waals surface area contributed by atoms with Crippen LogP contribution in [0.1, 0.15) is 36.6 Å². The summed E-state index contributed by atoms with van der Waals surface area (Å²) in [7, 11) is 0. The molecule has 130 valence electrons. The molecule has 0 spiro atoms. The zero-order valence-electron chi connectivity index (χ0n) is 12.7. The monoisotopic (exact) mass is 346 g/mol. The number of aromatic carboxylic acids is 3. The first kappa shape index (κ1) is 19.4. The van der Waals surface area contributed by atoms with E-state index < -0.39 is 23.9 Å². The number of hydrogen-bond acceptors (Lipinski definition) is 4. The predicted molar refractivity (Wildman–Crippen MR) is 85.1 cm³/mol. The molecule has 0 atom stereocenters. The first-order valence-electron chi connectivity index (χ1n) is 6.82. The van der Waals surface area contributed by atoms with Crippen LogP contribution in [0.2, 0.25) is 0 Å². The minimum Gasteiger partial charge on any atom is -0.481 e. The second-order valence-electron chi connectivity index (χ2n) is 4.69. The second-order valence-corrected chi connectivity index (χ2v) is 4.69. The lowest BCUT2D eigenvalue weighted by Crippen LogP contribution is -2.07. The minimum atomic E-state index is -1.23. The van der Waals surface area contributed by atoms with Gasteiger partial charge in [-0.15, -0.1) is 0 Å². The summed E-state index contributed by atoms with van der Waals surface area (Å²) in [5, 5.41) is 34.3. The summed E-state index contributed by atoms with van der Waals surface area (Å²) in [5.41, 5.74) is -0.0117. The van der Waals surface area contributed by atoms with Gasteiger partial charge in [-0.25, -0.2) is 14.4 Å². The van der Waals surface area contributed by atoms with Crippen LogP contribution in [-0.4, -0.2) is 44.3 Å². The van der Waals surface area contributed by atoms with E-state index in [4.69, 9.17) is 20.4 Å². The molecular weight excluding hydrogens is 332 g/mol. The molecule has 8 nitrogen and oxygen atoms in total. The van der Waals surface area contributed by atoms with Crippen molar-refractivity contribution < 1.29 is 39.6 Å². The molecule has 2 rings (SSSR count). The predicted octanol–water partition coefficient (Wildman–Crippen LogP) is 2.09. The highest BCUT2D eigenvalue weighted by Gasteiger charge is 2.13. The Morgan fingerprint density at radius 2 is 0.960 bits per heavy atom. The number of aliphatic carboxylic acids is 1. The van der Waals surface area contributed by atoms with Crippen LogP contribution in [0, 0.1) is 0 Å². The number of carboxylic acid groups (broad SMARTS) is 4. The van der Waals surface area contributed by atoms with Crippen LogP contribution in [0.4, 0.5) is 0 Å². The molecule has 0 bridgehead atoms. The van der Waals surface area contributed by atoms with Gasteiger partial charge in [0.1, 0.15) is 0 Å². The van der Waals surface area contributed by atoms with E-state index in [1.165, 1.54) is 36.4 Å². The topological polar surface area (TPSA) is 149 Å². The standard InChI is InChI=1S/C9H8O4.C8H6O4/c10-8(11)5-6-3-1-2-4-7(6)9(12)13;9-7(10)5-3-1-2-4-6(5)8(11)12/h1-4H,5H2,(H,10,11)(H,12,13);1-4H,(H,9,10)(H,11,12). The molecule has 2 aromatic rings. The lowest BCUT2D eigenvalue weighted by atomic mass is 10.1. The number of rotatable bonds is 5. The van der Waals surface area contributed by atoms with Gasteiger partial charge in [0.25, 0.3) is 0 Å². The SMILES string of the molecule is O=C(O)Cc1ccccc1C(=O)O.O=C(O)c1ccccc1C(=O)O. The van der Waals surface area contributed by atoms with Crippen LogP contribution < -0.4 is 0 Å². The number of benzene rings is 2. The molecular formula is C17H14O8. The fraction of sp³-hybridized carbons (Fsp3) is 0.0588. The Bertz CT molecular complexity index is 777.